The summed E-state index contributed by atoms with van der Waals surface area (Å²) in [6.07, 6.45) is 8.31. The molecule has 0 atom stereocenters. The van der Waals surface area contributed by atoms with Gasteiger partial charge in [0.25, 0.3) is 5.91 Å². The van der Waals surface area contributed by atoms with Crippen molar-refractivity contribution >= 4 is 29.0 Å². The zero-order valence-electron chi connectivity index (χ0n) is 14.9. The van der Waals surface area contributed by atoms with Crippen LogP contribution in [0.15, 0.2) is 42.0 Å². The summed E-state index contributed by atoms with van der Waals surface area (Å²) in [4.78, 5) is 21.1. The number of halogens is 1. The van der Waals surface area contributed by atoms with E-state index < -0.39 is 0 Å². The molecule has 3 rings (SSSR count). The van der Waals surface area contributed by atoms with Gasteiger partial charge in [-0.05, 0) is 51.2 Å². The van der Waals surface area contributed by atoms with Gasteiger partial charge in [0.15, 0.2) is 0 Å². The molecule has 2 aromatic rings. The average molecular weight is 371 g/mol. The minimum absolute atomic E-state index is 0.304. The Hall–Kier alpha value is -2.40. The van der Waals surface area contributed by atoms with Crippen LogP contribution in [-0.2, 0) is 0 Å². The average Bonchev–Trinajstić information content (AvgIpc) is 2.64. The summed E-state index contributed by atoms with van der Waals surface area (Å²) in [6.45, 7) is 2.58. The fraction of sp³-hybridized carbons (Fsp3) is 0.350. The predicted molar refractivity (Wildman–Crippen MR) is 106 cm³/mol. The van der Waals surface area contributed by atoms with Crippen molar-refractivity contribution in [2.75, 3.05) is 17.2 Å². The highest BCUT2D eigenvalue weighted by Crippen LogP contribution is 2.22. The van der Waals surface area contributed by atoms with Gasteiger partial charge in [0.05, 0.1) is 10.7 Å². The summed E-state index contributed by atoms with van der Waals surface area (Å²) in [6, 6.07) is 8.80. The summed E-state index contributed by atoms with van der Waals surface area (Å²) in [5.41, 5.74) is 2.39. The monoisotopic (exact) mass is 370 g/mol. The zero-order valence-corrected chi connectivity index (χ0v) is 15.6. The van der Waals surface area contributed by atoms with E-state index in [1.165, 1.54) is 31.3 Å². The van der Waals surface area contributed by atoms with Crippen molar-refractivity contribution in [1.82, 2.24) is 9.97 Å². The number of aryl methyl sites for hydroxylation is 1. The van der Waals surface area contributed by atoms with Crippen LogP contribution in [0.1, 0.15) is 48.4 Å². The number of carbonyl (C=O) groups excluding carboxylic acids is 1. The quantitative estimate of drug-likeness (QED) is 0.702. The minimum atomic E-state index is -0.304. The SMILES string of the molecule is Cc1nc(NCCC2=CCCCC2)cc(C(=O)Nc2ccccc2Cl)n1. The molecular weight excluding hydrogens is 348 g/mol. The van der Waals surface area contributed by atoms with Crippen LogP contribution < -0.4 is 10.6 Å². The van der Waals surface area contributed by atoms with Crippen LogP contribution >= 0.6 is 11.6 Å². The van der Waals surface area contributed by atoms with Crippen molar-refractivity contribution < 1.29 is 4.79 Å². The molecule has 136 valence electrons. The number of allylic oxidation sites excluding steroid dienone is 1. The van der Waals surface area contributed by atoms with Gasteiger partial charge in [0.2, 0.25) is 0 Å². The maximum Gasteiger partial charge on any atom is 0.274 e. The summed E-state index contributed by atoms with van der Waals surface area (Å²) >= 11 is 6.10. The smallest absolute Gasteiger partial charge is 0.274 e. The first-order chi connectivity index (χ1) is 12.6. The zero-order chi connectivity index (χ0) is 18.4. The van der Waals surface area contributed by atoms with Gasteiger partial charge in [-0.25, -0.2) is 9.97 Å². The number of aromatic nitrogens is 2. The summed E-state index contributed by atoms with van der Waals surface area (Å²) in [7, 11) is 0. The highest BCUT2D eigenvalue weighted by molar-refractivity contribution is 6.33. The van der Waals surface area contributed by atoms with Crippen LogP contribution in [0.2, 0.25) is 5.02 Å². The molecule has 0 fully saturated rings. The molecule has 1 aliphatic carbocycles. The van der Waals surface area contributed by atoms with Gasteiger partial charge in [-0.15, -0.1) is 0 Å². The van der Waals surface area contributed by atoms with Gasteiger partial charge in [-0.3, -0.25) is 4.79 Å². The fourth-order valence-corrected chi connectivity index (χ4v) is 3.19. The fourth-order valence-electron chi connectivity index (χ4n) is 3.01. The van der Waals surface area contributed by atoms with Crippen LogP contribution in [-0.4, -0.2) is 22.4 Å². The van der Waals surface area contributed by atoms with Gasteiger partial charge in [-0.1, -0.05) is 35.4 Å². The van der Waals surface area contributed by atoms with Gasteiger partial charge >= 0.3 is 0 Å². The van der Waals surface area contributed by atoms with E-state index in [9.17, 15) is 4.79 Å². The molecule has 1 aliphatic rings. The normalized spacial score (nSPS) is 13.8. The van der Waals surface area contributed by atoms with E-state index in [1.807, 2.05) is 12.1 Å². The van der Waals surface area contributed by atoms with E-state index in [-0.39, 0.29) is 5.91 Å². The molecule has 2 N–H and O–H groups in total. The number of anilines is 2. The molecule has 1 aromatic carbocycles. The lowest BCUT2D eigenvalue weighted by Gasteiger charge is -2.13. The van der Waals surface area contributed by atoms with Crippen LogP contribution in [0.25, 0.3) is 0 Å². The molecule has 6 heteroatoms. The Kier molecular flexibility index (Phi) is 6.23. The van der Waals surface area contributed by atoms with Gasteiger partial charge in [0.1, 0.15) is 17.3 Å². The molecule has 0 aliphatic heterocycles. The summed E-state index contributed by atoms with van der Waals surface area (Å²) in [5, 5.41) is 6.59. The number of nitrogens with one attached hydrogen (secondary N) is 2. The third-order valence-electron chi connectivity index (χ3n) is 4.33. The third-order valence-corrected chi connectivity index (χ3v) is 4.66. The molecule has 5 nitrogen and oxygen atoms in total. The first-order valence-corrected chi connectivity index (χ1v) is 9.33. The topological polar surface area (TPSA) is 66.9 Å². The minimum Gasteiger partial charge on any atom is -0.370 e. The Bertz CT molecular complexity index is 819. The highest BCUT2D eigenvalue weighted by atomic mass is 35.5. The molecule has 1 amide bonds. The van der Waals surface area contributed by atoms with E-state index in [1.54, 1.807) is 25.1 Å². The van der Waals surface area contributed by atoms with Gasteiger partial charge in [-0.2, -0.15) is 0 Å². The van der Waals surface area contributed by atoms with E-state index >= 15 is 0 Å². The number of carbonyl (C=O) groups is 1. The van der Waals surface area contributed by atoms with Crippen molar-refractivity contribution in [3.05, 3.63) is 58.5 Å². The maximum absolute atomic E-state index is 12.5. The number of nitrogens with zero attached hydrogens (tertiary/aromatic N) is 2. The second-order valence-corrected chi connectivity index (χ2v) is 6.81. The van der Waals surface area contributed by atoms with Crippen molar-refractivity contribution in [2.45, 2.75) is 39.0 Å². The maximum atomic E-state index is 12.5. The Labute approximate surface area is 158 Å². The number of rotatable bonds is 6. The van der Waals surface area contributed by atoms with E-state index in [0.29, 0.717) is 28.0 Å². The number of hydrogen-bond acceptors (Lipinski definition) is 4. The van der Waals surface area contributed by atoms with Gasteiger partial charge in [0, 0.05) is 12.6 Å². The largest absolute Gasteiger partial charge is 0.370 e. The molecular formula is C20H23ClN4O. The summed E-state index contributed by atoms with van der Waals surface area (Å²) < 4.78 is 0. The number of amides is 1. The van der Waals surface area contributed by atoms with Crippen molar-refractivity contribution in [2.24, 2.45) is 0 Å². The molecule has 0 spiro atoms. The lowest BCUT2D eigenvalue weighted by molar-refractivity contribution is 0.102. The first-order valence-electron chi connectivity index (χ1n) is 8.95. The van der Waals surface area contributed by atoms with Gasteiger partial charge < -0.3 is 10.6 Å². The molecule has 0 unspecified atom stereocenters. The van der Waals surface area contributed by atoms with Crippen LogP contribution in [0.5, 0.6) is 0 Å². The Morgan fingerprint density at radius 2 is 2.08 bits per heavy atom. The van der Waals surface area contributed by atoms with Crippen LogP contribution in [0.3, 0.4) is 0 Å². The Morgan fingerprint density at radius 3 is 2.85 bits per heavy atom. The molecule has 0 radical (unpaired) electrons. The van der Waals surface area contributed by atoms with Crippen molar-refractivity contribution in [1.29, 1.82) is 0 Å². The molecule has 1 aromatic heterocycles. The van der Waals surface area contributed by atoms with Crippen LogP contribution in [0.4, 0.5) is 11.5 Å². The highest BCUT2D eigenvalue weighted by Gasteiger charge is 2.12. The molecule has 0 bridgehead atoms. The number of benzene rings is 1. The molecule has 0 saturated heterocycles. The van der Waals surface area contributed by atoms with E-state index in [4.69, 9.17) is 11.6 Å². The van der Waals surface area contributed by atoms with E-state index in [0.717, 1.165) is 13.0 Å². The predicted octanol–water partition coefficient (Wildman–Crippen LogP) is 4.99. The lowest BCUT2D eigenvalue weighted by atomic mass is 9.97. The Morgan fingerprint density at radius 1 is 1.23 bits per heavy atom. The first kappa shape index (κ1) is 18.4. The third kappa shape index (κ3) is 5.05. The second-order valence-electron chi connectivity index (χ2n) is 6.40. The van der Waals surface area contributed by atoms with Crippen LogP contribution in [0, 0.1) is 6.92 Å². The number of hydrogen-bond donors (Lipinski definition) is 2. The standard InChI is InChI=1S/C20H23ClN4O/c1-14-23-18(20(26)25-17-10-6-5-9-16(17)21)13-19(24-14)22-12-11-15-7-3-2-4-8-15/h5-7,9-10,13H,2-4,8,11-12H2,1H3,(H,25,26)(H,22,23,24). The van der Waals surface area contributed by atoms with Crippen molar-refractivity contribution in [3.8, 4) is 0 Å². The van der Waals surface area contributed by atoms with Crippen molar-refractivity contribution in [3.63, 3.8) is 0 Å². The lowest BCUT2D eigenvalue weighted by Crippen LogP contribution is -2.16. The Balaban J connectivity index is 1.64. The molecule has 0 saturated carbocycles. The summed E-state index contributed by atoms with van der Waals surface area (Å²) in [5.74, 6) is 0.913. The molecule has 26 heavy (non-hydrogen) atoms. The second kappa shape index (κ2) is 8.81. The van der Waals surface area contributed by atoms with E-state index in [2.05, 4.69) is 26.7 Å². The molecule has 1 heterocycles. The number of para-hydroxylation sites is 1.